The maximum Gasteiger partial charge on any atom is 0.229 e. The number of anilines is 2. The van der Waals surface area contributed by atoms with Crippen LogP contribution in [0.25, 0.3) is 22.3 Å². The van der Waals surface area contributed by atoms with Crippen LogP contribution in [-0.4, -0.2) is 47.8 Å². The van der Waals surface area contributed by atoms with Crippen molar-refractivity contribution in [1.29, 1.82) is 0 Å². The van der Waals surface area contributed by atoms with Crippen molar-refractivity contribution in [3.05, 3.63) is 30.3 Å². The average Bonchev–Trinajstić information content (AvgIpc) is 3.49. The second-order valence-electron chi connectivity index (χ2n) is 7.79. The zero-order valence-corrected chi connectivity index (χ0v) is 16.7. The van der Waals surface area contributed by atoms with Gasteiger partial charge in [-0.15, -0.1) is 0 Å². The highest BCUT2D eigenvalue weighted by atomic mass is 16.5. The molecule has 0 amide bonds. The number of aromatic nitrogens is 3. The van der Waals surface area contributed by atoms with Crippen molar-refractivity contribution in [3.63, 3.8) is 0 Å². The van der Waals surface area contributed by atoms with Crippen LogP contribution in [0, 0.1) is 0 Å². The van der Waals surface area contributed by atoms with Crippen molar-refractivity contribution in [3.8, 4) is 17.0 Å². The number of methoxy groups -OCH3 is 1. The summed E-state index contributed by atoms with van der Waals surface area (Å²) in [4.78, 5) is 14.8. The van der Waals surface area contributed by atoms with E-state index in [4.69, 9.17) is 14.7 Å². The molecule has 2 aromatic heterocycles. The molecule has 0 saturated carbocycles. The van der Waals surface area contributed by atoms with E-state index in [9.17, 15) is 0 Å². The Balaban J connectivity index is 1.66. The lowest BCUT2D eigenvalue weighted by molar-refractivity contribution is 0.415. The van der Waals surface area contributed by atoms with Gasteiger partial charge < -0.3 is 19.1 Å². The third-order valence-electron chi connectivity index (χ3n) is 6.03. The third kappa shape index (κ3) is 2.87. The fourth-order valence-corrected chi connectivity index (χ4v) is 4.43. The molecule has 1 aromatic carbocycles. The van der Waals surface area contributed by atoms with Crippen LogP contribution in [0.1, 0.15) is 25.7 Å². The fourth-order valence-electron chi connectivity index (χ4n) is 4.43. The van der Waals surface area contributed by atoms with Crippen molar-refractivity contribution in [2.45, 2.75) is 25.7 Å². The number of rotatable bonds is 4. The SMILES string of the molecule is COc1ccc(-c2cc3c(N4CCCC4)nc(N4CCCC4)nc3n2C)cc1. The molecule has 146 valence electrons. The highest BCUT2D eigenvalue weighted by Crippen LogP contribution is 2.35. The number of ether oxygens (including phenoxy) is 1. The Morgan fingerprint density at radius 2 is 1.50 bits per heavy atom. The molecule has 5 rings (SSSR count). The second-order valence-corrected chi connectivity index (χ2v) is 7.79. The minimum absolute atomic E-state index is 0.872. The van der Waals surface area contributed by atoms with Gasteiger partial charge in [-0.2, -0.15) is 9.97 Å². The van der Waals surface area contributed by atoms with Crippen LogP contribution in [0.2, 0.25) is 0 Å². The molecule has 0 unspecified atom stereocenters. The Bertz CT molecular complexity index is 982. The van der Waals surface area contributed by atoms with Gasteiger partial charge in [-0.05, 0) is 61.6 Å². The molecule has 0 bridgehead atoms. The summed E-state index contributed by atoms with van der Waals surface area (Å²) in [7, 11) is 3.81. The lowest BCUT2D eigenvalue weighted by Gasteiger charge is -2.21. The lowest BCUT2D eigenvalue weighted by atomic mass is 10.1. The topological polar surface area (TPSA) is 46.4 Å². The number of aryl methyl sites for hydroxylation is 1. The zero-order chi connectivity index (χ0) is 19.1. The summed E-state index contributed by atoms with van der Waals surface area (Å²) in [5.74, 6) is 2.85. The van der Waals surface area contributed by atoms with Crippen LogP contribution in [0.5, 0.6) is 5.75 Å². The predicted molar refractivity (Wildman–Crippen MR) is 113 cm³/mol. The quantitative estimate of drug-likeness (QED) is 0.691. The Morgan fingerprint density at radius 1 is 0.857 bits per heavy atom. The van der Waals surface area contributed by atoms with Gasteiger partial charge in [-0.25, -0.2) is 0 Å². The maximum absolute atomic E-state index is 5.31. The van der Waals surface area contributed by atoms with Crippen LogP contribution in [0.3, 0.4) is 0 Å². The molecule has 0 N–H and O–H groups in total. The molecule has 2 aliphatic heterocycles. The molecule has 2 aliphatic rings. The van der Waals surface area contributed by atoms with Crippen LogP contribution in [0.15, 0.2) is 30.3 Å². The van der Waals surface area contributed by atoms with E-state index in [1.165, 1.54) is 25.7 Å². The summed E-state index contributed by atoms with van der Waals surface area (Å²) >= 11 is 0. The number of hydrogen-bond acceptors (Lipinski definition) is 5. The molecule has 6 heteroatoms. The standard InChI is InChI=1S/C22H27N5O/c1-25-19(16-7-9-17(28-2)10-8-16)15-18-20(25)23-22(27-13-5-6-14-27)24-21(18)26-11-3-4-12-26/h7-10,15H,3-6,11-14H2,1-2H3. The molecule has 0 atom stereocenters. The molecule has 28 heavy (non-hydrogen) atoms. The van der Waals surface area contributed by atoms with E-state index >= 15 is 0 Å². The van der Waals surface area contributed by atoms with Crippen LogP contribution in [0.4, 0.5) is 11.8 Å². The fraction of sp³-hybridized carbons (Fsp3) is 0.455. The molecule has 2 fully saturated rings. The molecule has 0 spiro atoms. The van der Waals surface area contributed by atoms with E-state index in [-0.39, 0.29) is 0 Å². The van der Waals surface area contributed by atoms with Gasteiger partial charge in [0.25, 0.3) is 0 Å². The van der Waals surface area contributed by atoms with Gasteiger partial charge in [-0.1, -0.05) is 0 Å². The first-order chi connectivity index (χ1) is 13.7. The van der Waals surface area contributed by atoms with E-state index < -0.39 is 0 Å². The molecule has 0 aliphatic carbocycles. The predicted octanol–water partition coefficient (Wildman–Crippen LogP) is 3.84. The van der Waals surface area contributed by atoms with E-state index in [0.717, 1.165) is 66.0 Å². The highest BCUT2D eigenvalue weighted by Gasteiger charge is 2.24. The first kappa shape index (κ1) is 17.3. The van der Waals surface area contributed by atoms with Gasteiger partial charge in [0, 0.05) is 33.2 Å². The summed E-state index contributed by atoms with van der Waals surface area (Å²) in [6.07, 6.45) is 4.93. The van der Waals surface area contributed by atoms with E-state index in [1.54, 1.807) is 7.11 Å². The minimum atomic E-state index is 0.872. The molecule has 2 saturated heterocycles. The van der Waals surface area contributed by atoms with Crippen LogP contribution in [-0.2, 0) is 7.05 Å². The smallest absolute Gasteiger partial charge is 0.229 e. The van der Waals surface area contributed by atoms with Crippen molar-refractivity contribution < 1.29 is 4.74 Å². The maximum atomic E-state index is 5.31. The molecule has 3 aromatic rings. The van der Waals surface area contributed by atoms with Crippen molar-refractivity contribution >= 4 is 22.8 Å². The van der Waals surface area contributed by atoms with Crippen LogP contribution >= 0.6 is 0 Å². The van der Waals surface area contributed by atoms with E-state index in [2.05, 4.69) is 39.6 Å². The molecular weight excluding hydrogens is 350 g/mol. The first-order valence-electron chi connectivity index (χ1n) is 10.3. The number of benzene rings is 1. The van der Waals surface area contributed by atoms with Gasteiger partial charge >= 0.3 is 0 Å². The second kappa shape index (κ2) is 7.00. The van der Waals surface area contributed by atoms with E-state index in [0.29, 0.717) is 0 Å². The number of hydrogen-bond donors (Lipinski definition) is 0. The molecule has 6 nitrogen and oxygen atoms in total. The highest BCUT2D eigenvalue weighted by molar-refractivity contribution is 5.94. The summed E-state index contributed by atoms with van der Waals surface area (Å²) in [6.45, 7) is 4.28. The normalized spacial score (nSPS) is 17.1. The summed E-state index contributed by atoms with van der Waals surface area (Å²) in [5, 5.41) is 1.15. The lowest BCUT2D eigenvalue weighted by Crippen LogP contribution is -2.24. The molecular formula is C22H27N5O. The van der Waals surface area contributed by atoms with E-state index in [1.807, 2.05) is 12.1 Å². The Kier molecular flexibility index (Phi) is 4.34. The molecule has 4 heterocycles. The van der Waals surface area contributed by atoms with Crippen molar-refractivity contribution in [2.75, 3.05) is 43.1 Å². The van der Waals surface area contributed by atoms with Crippen molar-refractivity contribution in [2.24, 2.45) is 7.05 Å². The van der Waals surface area contributed by atoms with Gasteiger partial charge in [-0.3, -0.25) is 0 Å². The Hall–Kier alpha value is -2.76. The van der Waals surface area contributed by atoms with Gasteiger partial charge in [0.05, 0.1) is 18.2 Å². The average molecular weight is 377 g/mol. The van der Waals surface area contributed by atoms with Crippen molar-refractivity contribution in [1.82, 2.24) is 14.5 Å². The van der Waals surface area contributed by atoms with Crippen LogP contribution < -0.4 is 14.5 Å². The van der Waals surface area contributed by atoms with Gasteiger partial charge in [0.15, 0.2) is 0 Å². The van der Waals surface area contributed by atoms with Gasteiger partial charge in [0.2, 0.25) is 5.95 Å². The molecule has 0 radical (unpaired) electrons. The number of fused-ring (bicyclic) bond motifs is 1. The Labute approximate surface area is 165 Å². The first-order valence-corrected chi connectivity index (χ1v) is 10.3. The van der Waals surface area contributed by atoms with Gasteiger partial charge in [0.1, 0.15) is 17.2 Å². The largest absolute Gasteiger partial charge is 0.497 e. The minimum Gasteiger partial charge on any atom is -0.497 e. The summed E-state index contributed by atoms with van der Waals surface area (Å²) < 4.78 is 7.52. The summed E-state index contributed by atoms with van der Waals surface area (Å²) in [5.41, 5.74) is 3.34. The zero-order valence-electron chi connectivity index (χ0n) is 16.7. The number of nitrogens with zero attached hydrogens (tertiary/aromatic N) is 5. The summed E-state index contributed by atoms with van der Waals surface area (Å²) in [6, 6.07) is 10.5. The third-order valence-corrected chi connectivity index (χ3v) is 6.03. The monoisotopic (exact) mass is 377 g/mol. The Morgan fingerprint density at radius 3 is 2.14 bits per heavy atom.